The second kappa shape index (κ2) is 4.67. The summed E-state index contributed by atoms with van der Waals surface area (Å²) in [4.78, 5) is 10.8. The molecule has 13 heavy (non-hydrogen) atoms. The highest BCUT2D eigenvalue weighted by Gasteiger charge is 1.95. The first kappa shape index (κ1) is 9.81. The van der Waals surface area contributed by atoms with Crippen LogP contribution in [0.3, 0.4) is 0 Å². The van der Waals surface area contributed by atoms with E-state index in [1.54, 1.807) is 12.1 Å². The smallest absolute Gasteiger partial charge is 0.243 e. The third kappa shape index (κ3) is 3.30. The lowest BCUT2D eigenvalue weighted by atomic mass is 10.2. The first-order valence-electron chi connectivity index (χ1n) is 3.87. The van der Waals surface area contributed by atoms with E-state index < -0.39 is 0 Å². The highest BCUT2D eigenvalue weighted by Crippen LogP contribution is 2.08. The van der Waals surface area contributed by atoms with E-state index in [1.807, 2.05) is 12.1 Å². The molecule has 0 aliphatic carbocycles. The summed E-state index contributed by atoms with van der Waals surface area (Å²) in [5.74, 6) is -0.171. The van der Waals surface area contributed by atoms with Gasteiger partial charge in [0, 0.05) is 11.6 Å². The number of carbonyl (C=O) groups is 1. The molecule has 3 heteroatoms. The molecule has 0 atom stereocenters. The summed E-state index contributed by atoms with van der Waals surface area (Å²) in [6.07, 6.45) is 1.25. The Hall–Kier alpha value is -1.28. The van der Waals surface area contributed by atoms with Gasteiger partial charge in [-0.15, -0.1) is 0 Å². The van der Waals surface area contributed by atoms with Gasteiger partial charge in [-0.2, -0.15) is 0 Å². The van der Waals surface area contributed by atoms with Gasteiger partial charge in [0.1, 0.15) is 0 Å². The van der Waals surface area contributed by atoms with Gasteiger partial charge in [-0.1, -0.05) is 30.3 Å². The van der Waals surface area contributed by atoms with Crippen LogP contribution in [0.15, 0.2) is 36.9 Å². The van der Waals surface area contributed by atoms with Crippen molar-refractivity contribution in [3.8, 4) is 0 Å². The maximum absolute atomic E-state index is 10.8. The van der Waals surface area contributed by atoms with Gasteiger partial charge in [-0.05, 0) is 23.8 Å². The van der Waals surface area contributed by atoms with Crippen molar-refractivity contribution in [2.45, 2.75) is 6.54 Å². The average Bonchev–Trinajstić information content (AvgIpc) is 2.16. The standard InChI is InChI=1S/C10H10ClNO/c1-2-10(13)12-7-8-3-5-9(11)6-4-8/h2-6H,1,7H2,(H,12,13). The molecule has 2 nitrogen and oxygen atoms in total. The molecule has 0 heterocycles. The summed E-state index contributed by atoms with van der Waals surface area (Å²) < 4.78 is 0. The number of amides is 1. The molecular formula is C10H10ClNO. The predicted molar refractivity (Wildman–Crippen MR) is 53.5 cm³/mol. The molecule has 0 aliphatic heterocycles. The molecule has 0 aromatic heterocycles. The van der Waals surface area contributed by atoms with Crippen LogP contribution in [0.25, 0.3) is 0 Å². The molecule has 1 amide bonds. The van der Waals surface area contributed by atoms with Crippen molar-refractivity contribution in [3.63, 3.8) is 0 Å². The largest absolute Gasteiger partial charge is 0.348 e. The first-order valence-corrected chi connectivity index (χ1v) is 4.25. The summed E-state index contributed by atoms with van der Waals surface area (Å²) in [5.41, 5.74) is 1.01. The zero-order valence-electron chi connectivity index (χ0n) is 7.09. The fourth-order valence-electron chi connectivity index (χ4n) is 0.864. The molecule has 0 aliphatic rings. The molecule has 0 fully saturated rings. The Balaban J connectivity index is 2.50. The molecule has 0 unspecified atom stereocenters. The van der Waals surface area contributed by atoms with Crippen LogP contribution in [0.5, 0.6) is 0 Å². The van der Waals surface area contributed by atoms with Gasteiger partial charge in [0.25, 0.3) is 0 Å². The molecule has 1 aromatic rings. The molecule has 0 radical (unpaired) electrons. The Morgan fingerprint density at radius 3 is 2.62 bits per heavy atom. The number of hydrogen-bond donors (Lipinski definition) is 1. The highest BCUT2D eigenvalue weighted by molar-refractivity contribution is 6.30. The van der Waals surface area contributed by atoms with Crippen molar-refractivity contribution < 1.29 is 4.79 Å². The monoisotopic (exact) mass is 195 g/mol. The fraction of sp³-hybridized carbons (Fsp3) is 0.100. The Morgan fingerprint density at radius 1 is 1.46 bits per heavy atom. The number of benzene rings is 1. The Morgan fingerprint density at radius 2 is 2.08 bits per heavy atom. The number of carbonyl (C=O) groups excluding carboxylic acids is 1. The van der Waals surface area contributed by atoms with Crippen molar-refractivity contribution in [2.24, 2.45) is 0 Å². The van der Waals surface area contributed by atoms with Gasteiger partial charge in [-0.25, -0.2) is 0 Å². The molecule has 68 valence electrons. The van der Waals surface area contributed by atoms with E-state index in [0.29, 0.717) is 11.6 Å². The van der Waals surface area contributed by atoms with E-state index in [1.165, 1.54) is 6.08 Å². The second-order valence-electron chi connectivity index (χ2n) is 2.55. The summed E-state index contributed by atoms with van der Waals surface area (Å²) in [6, 6.07) is 7.31. The summed E-state index contributed by atoms with van der Waals surface area (Å²) in [7, 11) is 0. The zero-order chi connectivity index (χ0) is 9.68. The lowest BCUT2D eigenvalue weighted by molar-refractivity contribution is -0.116. The van der Waals surface area contributed by atoms with Crippen molar-refractivity contribution >= 4 is 17.5 Å². The molecular weight excluding hydrogens is 186 g/mol. The van der Waals surface area contributed by atoms with E-state index >= 15 is 0 Å². The van der Waals surface area contributed by atoms with E-state index in [4.69, 9.17) is 11.6 Å². The van der Waals surface area contributed by atoms with Gasteiger partial charge in [0.15, 0.2) is 0 Å². The topological polar surface area (TPSA) is 29.1 Å². The molecule has 1 aromatic carbocycles. The summed E-state index contributed by atoms with van der Waals surface area (Å²) in [5, 5.41) is 3.36. The van der Waals surface area contributed by atoms with Crippen molar-refractivity contribution in [2.75, 3.05) is 0 Å². The van der Waals surface area contributed by atoms with Gasteiger partial charge in [-0.3, -0.25) is 4.79 Å². The SMILES string of the molecule is C=CC(=O)NCc1ccc(Cl)cc1. The van der Waals surface area contributed by atoms with Crippen molar-refractivity contribution in [3.05, 3.63) is 47.5 Å². The van der Waals surface area contributed by atoms with Crippen molar-refractivity contribution in [1.82, 2.24) is 5.32 Å². The normalized spacial score (nSPS) is 9.31. The summed E-state index contributed by atoms with van der Waals surface area (Å²) in [6.45, 7) is 3.86. The minimum absolute atomic E-state index is 0.171. The van der Waals surface area contributed by atoms with Gasteiger partial charge >= 0.3 is 0 Å². The van der Waals surface area contributed by atoms with Crippen LogP contribution in [0.1, 0.15) is 5.56 Å². The van der Waals surface area contributed by atoms with Crippen LogP contribution >= 0.6 is 11.6 Å². The molecule has 0 saturated carbocycles. The third-order valence-corrected chi connectivity index (χ3v) is 1.82. The Labute approximate surface area is 82.2 Å². The summed E-state index contributed by atoms with van der Waals surface area (Å²) >= 11 is 5.70. The van der Waals surface area contributed by atoms with Gasteiger partial charge < -0.3 is 5.32 Å². The minimum Gasteiger partial charge on any atom is -0.348 e. The molecule has 0 bridgehead atoms. The minimum atomic E-state index is -0.171. The van der Waals surface area contributed by atoms with Crippen LogP contribution in [-0.2, 0) is 11.3 Å². The third-order valence-electron chi connectivity index (χ3n) is 1.57. The van der Waals surface area contributed by atoms with Crippen LogP contribution in [-0.4, -0.2) is 5.91 Å². The number of rotatable bonds is 3. The number of nitrogens with one attached hydrogen (secondary N) is 1. The fourth-order valence-corrected chi connectivity index (χ4v) is 0.990. The van der Waals surface area contributed by atoms with E-state index in [-0.39, 0.29) is 5.91 Å². The Bertz CT molecular complexity index is 305. The van der Waals surface area contributed by atoms with Crippen LogP contribution in [0.2, 0.25) is 5.02 Å². The van der Waals surface area contributed by atoms with E-state index in [2.05, 4.69) is 11.9 Å². The average molecular weight is 196 g/mol. The lowest BCUT2D eigenvalue weighted by Gasteiger charge is -2.01. The Kier molecular flexibility index (Phi) is 3.53. The van der Waals surface area contributed by atoms with Gasteiger partial charge in [0.2, 0.25) is 5.91 Å². The zero-order valence-corrected chi connectivity index (χ0v) is 7.84. The van der Waals surface area contributed by atoms with Crippen molar-refractivity contribution in [1.29, 1.82) is 0 Å². The second-order valence-corrected chi connectivity index (χ2v) is 2.98. The van der Waals surface area contributed by atoms with E-state index in [0.717, 1.165) is 5.56 Å². The number of halogens is 1. The maximum atomic E-state index is 10.8. The van der Waals surface area contributed by atoms with Crippen LogP contribution in [0, 0.1) is 0 Å². The number of hydrogen-bond acceptors (Lipinski definition) is 1. The first-order chi connectivity index (χ1) is 6.22. The lowest BCUT2D eigenvalue weighted by Crippen LogP contribution is -2.19. The van der Waals surface area contributed by atoms with E-state index in [9.17, 15) is 4.79 Å². The van der Waals surface area contributed by atoms with Crippen LogP contribution in [0.4, 0.5) is 0 Å². The van der Waals surface area contributed by atoms with Crippen LogP contribution < -0.4 is 5.32 Å². The molecule has 0 saturated heterocycles. The molecule has 1 N–H and O–H groups in total. The van der Waals surface area contributed by atoms with Gasteiger partial charge in [0.05, 0.1) is 0 Å². The molecule has 0 spiro atoms. The maximum Gasteiger partial charge on any atom is 0.243 e. The highest BCUT2D eigenvalue weighted by atomic mass is 35.5. The quantitative estimate of drug-likeness (QED) is 0.736. The molecule has 1 rings (SSSR count). The predicted octanol–water partition coefficient (Wildman–Crippen LogP) is 2.14.